The summed E-state index contributed by atoms with van der Waals surface area (Å²) >= 11 is 7.39. The van der Waals surface area contributed by atoms with E-state index < -0.39 is 15.8 Å². The van der Waals surface area contributed by atoms with Crippen LogP contribution in [-0.2, 0) is 10.0 Å². The Bertz CT molecular complexity index is 1070. The molecule has 3 rings (SSSR count). The van der Waals surface area contributed by atoms with Crippen LogP contribution in [-0.4, -0.2) is 20.5 Å². The number of aryl methyl sites for hydroxylation is 1. The predicted octanol–water partition coefficient (Wildman–Crippen LogP) is 4.72. The molecular formula is C17H14ClFN2O3S2. The maximum atomic E-state index is 13.2. The molecule has 0 saturated heterocycles. The molecule has 3 aromatic rings. The van der Waals surface area contributed by atoms with Crippen molar-refractivity contribution in [2.45, 2.75) is 11.8 Å². The molecule has 0 bridgehead atoms. The maximum absolute atomic E-state index is 13.2. The van der Waals surface area contributed by atoms with Crippen molar-refractivity contribution in [3.63, 3.8) is 0 Å². The van der Waals surface area contributed by atoms with E-state index in [4.69, 9.17) is 16.3 Å². The summed E-state index contributed by atoms with van der Waals surface area (Å²) in [4.78, 5) is 4.30. The molecule has 5 nitrogen and oxygen atoms in total. The Kier molecular flexibility index (Phi) is 5.17. The molecule has 136 valence electrons. The monoisotopic (exact) mass is 412 g/mol. The van der Waals surface area contributed by atoms with Crippen molar-refractivity contribution < 1.29 is 17.5 Å². The summed E-state index contributed by atoms with van der Waals surface area (Å²) in [5.74, 6) is -0.386. The number of sulfonamides is 1. The summed E-state index contributed by atoms with van der Waals surface area (Å²) < 4.78 is 46.4. The fourth-order valence-corrected chi connectivity index (χ4v) is 4.48. The van der Waals surface area contributed by atoms with Crippen LogP contribution in [0.1, 0.15) is 5.01 Å². The summed E-state index contributed by atoms with van der Waals surface area (Å²) in [7, 11) is -2.64. The molecule has 0 saturated carbocycles. The average Bonchev–Trinajstić information content (AvgIpc) is 3.03. The van der Waals surface area contributed by atoms with Crippen molar-refractivity contribution in [1.82, 2.24) is 4.98 Å². The average molecular weight is 413 g/mol. The first-order valence-electron chi connectivity index (χ1n) is 7.38. The van der Waals surface area contributed by atoms with Gasteiger partial charge in [-0.25, -0.2) is 17.8 Å². The molecule has 0 unspecified atom stereocenters. The molecule has 0 fully saturated rings. The molecule has 0 atom stereocenters. The number of aromatic nitrogens is 1. The van der Waals surface area contributed by atoms with E-state index in [2.05, 4.69) is 9.71 Å². The summed E-state index contributed by atoms with van der Waals surface area (Å²) in [6.07, 6.45) is 0. The zero-order valence-electron chi connectivity index (χ0n) is 13.8. The molecule has 26 heavy (non-hydrogen) atoms. The third kappa shape index (κ3) is 3.82. The number of rotatable bonds is 5. The third-order valence-corrected chi connectivity index (χ3v) is 6.02. The van der Waals surface area contributed by atoms with Crippen molar-refractivity contribution in [2.24, 2.45) is 0 Å². The molecule has 9 heteroatoms. The highest BCUT2D eigenvalue weighted by Gasteiger charge is 2.22. The molecule has 1 N–H and O–H groups in total. The standard InChI is InChI=1S/C17H14ClFN2O3S2/c1-10-20-15(9-25-10)11-3-6-16(24-2)17(7-11)26(22,23)21-14-5-4-12(19)8-13(14)18/h3-9,21H,1-2H3. The fourth-order valence-electron chi connectivity index (χ4n) is 2.31. The number of hydrogen-bond donors (Lipinski definition) is 1. The number of nitrogens with one attached hydrogen (secondary N) is 1. The van der Waals surface area contributed by atoms with Gasteiger partial charge in [0.1, 0.15) is 16.5 Å². The van der Waals surface area contributed by atoms with Crippen LogP contribution in [0.3, 0.4) is 0 Å². The first kappa shape index (κ1) is 18.6. The van der Waals surface area contributed by atoms with Crippen LogP contribution in [0.4, 0.5) is 10.1 Å². The summed E-state index contributed by atoms with van der Waals surface area (Å²) in [5, 5.41) is 2.67. The van der Waals surface area contributed by atoms with Gasteiger partial charge in [-0.1, -0.05) is 11.6 Å². The highest BCUT2D eigenvalue weighted by atomic mass is 35.5. The van der Waals surface area contributed by atoms with Crippen molar-refractivity contribution >= 4 is 38.6 Å². The van der Waals surface area contributed by atoms with Crippen LogP contribution in [0.15, 0.2) is 46.7 Å². The second-order valence-corrected chi connectivity index (χ2v) is 8.47. The van der Waals surface area contributed by atoms with E-state index in [1.807, 2.05) is 12.3 Å². The van der Waals surface area contributed by atoms with Crippen molar-refractivity contribution in [3.05, 3.63) is 57.6 Å². The second-order valence-electron chi connectivity index (χ2n) is 5.35. The van der Waals surface area contributed by atoms with Crippen molar-refractivity contribution in [1.29, 1.82) is 0 Å². The first-order valence-corrected chi connectivity index (χ1v) is 10.1. The number of halogens is 2. The molecule has 0 radical (unpaired) electrons. The zero-order chi connectivity index (χ0) is 18.9. The number of hydrogen-bond acceptors (Lipinski definition) is 5. The number of thiazole rings is 1. The number of benzene rings is 2. The molecular weight excluding hydrogens is 399 g/mol. The SMILES string of the molecule is COc1ccc(-c2csc(C)n2)cc1S(=O)(=O)Nc1ccc(F)cc1Cl. The molecule has 0 spiro atoms. The fraction of sp³-hybridized carbons (Fsp3) is 0.118. The number of methoxy groups -OCH3 is 1. The summed E-state index contributed by atoms with van der Waals surface area (Å²) in [6.45, 7) is 1.87. The van der Waals surface area contributed by atoms with Crippen LogP contribution in [0.5, 0.6) is 5.75 Å². The van der Waals surface area contributed by atoms with E-state index in [1.165, 1.54) is 30.6 Å². The minimum absolute atomic E-state index is 0.0428. The van der Waals surface area contributed by atoms with Crippen LogP contribution >= 0.6 is 22.9 Å². The van der Waals surface area contributed by atoms with Gasteiger partial charge >= 0.3 is 0 Å². The summed E-state index contributed by atoms with van der Waals surface area (Å²) in [6, 6.07) is 8.19. The Morgan fingerprint density at radius 2 is 2.00 bits per heavy atom. The van der Waals surface area contributed by atoms with Gasteiger partial charge in [0.05, 0.1) is 28.5 Å². The zero-order valence-corrected chi connectivity index (χ0v) is 16.2. The van der Waals surface area contributed by atoms with Gasteiger partial charge in [0.2, 0.25) is 0 Å². The van der Waals surface area contributed by atoms with Crippen LogP contribution in [0.2, 0.25) is 5.02 Å². The maximum Gasteiger partial charge on any atom is 0.265 e. The second kappa shape index (κ2) is 7.22. The van der Waals surface area contributed by atoms with E-state index in [-0.39, 0.29) is 21.4 Å². The lowest BCUT2D eigenvalue weighted by molar-refractivity contribution is 0.403. The van der Waals surface area contributed by atoms with E-state index in [0.717, 1.165) is 17.1 Å². The smallest absolute Gasteiger partial charge is 0.265 e. The lowest BCUT2D eigenvalue weighted by atomic mass is 10.2. The predicted molar refractivity (Wildman–Crippen MR) is 101 cm³/mol. The van der Waals surface area contributed by atoms with Gasteiger partial charge in [0, 0.05) is 10.9 Å². The topological polar surface area (TPSA) is 68.3 Å². The van der Waals surface area contributed by atoms with Crippen LogP contribution in [0, 0.1) is 12.7 Å². The van der Waals surface area contributed by atoms with Crippen molar-refractivity contribution in [3.8, 4) is 17.0 Å². The number of nitrogens with zero attached hydrogens (tertiary/aromatic N) is 1. The lowest BCUT2D eigenvalue weighted by Gasteiger charge is -2.13. The first-order chi connectivity index (χ1) is 12.3. The Balaban J connectivity index is 2.05. The number of ether oxygens (including phenoxy) is 1. The third-order valence-electron chi connectivity index (χ3n) is 3.54. The van der Waals surface area contributed by atoms with Gasteiger partial charge in [-0.2, -0.15) is 0 Å². The Morgan fingerprint density at radius 3 is 2.62 bits per heavy atom. The lowest BCUT2D eigenvalue weighted by Crippen LogP contribution is -2.14. The Hall–Kier alpha value is -2.16. The molecule has 0 aliphatic heterocycles. The highest BCUT2D eigenvalue weighted by molar-refractivity contribution is 7.92. The molecule has 0 aliphatic rings. The molecule has 1 aromatic heterocycles. The van der Waals surface area contributed by atoms with Gasteiger partial charge in [0.25, 0.3) is 10.0 Å². The van der Waals surface area contributed by atoms with Gasteiger partial charge in [-0.3, -0.25) is 4.72 Å². The summed E-state index contributed by atoms with van der Waals surface area (Å²) in [5.41, 5.74) is 1.39. The molecule has 2 aromatic carbocycles. The van der Waals surface area contributed by atoms with E-state index in [9.17, 15) is 12.8 Å². The quantitative estimate of drug-likeness (QED) is 0.658. The van der Waals surface area contributed by atoms with E-state index >= 15 is 0 Å². The largest absolute Gasteiger partial charge is 0.495 e. The van der Waals surface area contributed by atoms with Crippen LogP contribution < -0.4 is 9.46 Å². The minimum Gasteiger partial charge on any atom is -0.495 e. The van der Waals surface area contributed by atoms with E-state index in [0.29, 0.717) is 11.3 Å². The van der Waals surface area contributed by atoms with Crippen LogP contribution in [0.25, 0.3) is 11.3 Å². The van der Waals surface area contributed by atoms with Gasteiger partial charge in [-0.05, 0) is 43.3 Å². The molecule has 0 amide bonds. The normalized spacial score (nSPS) is 11.4. The molecule has 1 heterocycles. The van der Waals surface area contributed by atoms with Gasteiger partial charge in [0.15, 0.2) is 0 Å². The van der Waals surface area contributed by atoms with Gasteiger partial charge < -0.3 is 4.74 Å². The highest BCUT2D eigenvalue weighted by Crippen LogP contribution is 2.33. The Labute approximate surface area is 159 Å². The molecule has 0 aliphatic carbocycles. The van der Waals surface area contributed by atoms with Gasteiger partial charge in [-0.15, -0.1) is 11.3 Å². The number of anilines is 1. The minimum atomic E-state index is -4.02. The van der Waals surface area contributed by atoms with Crippen molar-refractivity contribution in [2.75, 3.05) is 11.8 Å². The van der Waals surface area contributed by atoms with E-state index in [1.54, 1.807) is 12.1 Å². The Morgan fingerprint density at radius 1 is 1.23 bits per heavy atom.